The Kier molecular flexibility index (Phi) is 6.39. The predicted octanol–water partition coefficient (Wildman–Crippen LogP) is 3.43. The van der Waals surface area contributed by atoms with Crippen LogP contribution in [0.1, 0.15) is 37.6 Å². The molecule has 3 N–H and O–H groups in total. The Morgan fingerprint density at radius 2 is 2.03 bits per heavy atom. The monoisotopic (exact) mass is 453 g/mol. The van der Waals surface area contributed by atoms with Crippen LogP contribution in [0.5, 0.6) is 5.88 Å². The van der Waals surface area contributed by atoms with E-state index in [1.54, 1.807) is 6.92 Å². The summed E-state index contributed by atoms with van der Waals surface area (Å²) in [6.07, 6.45) is 1.42. The van der Waals surface area contributed by atoms with E-state index in [1.165, 1.54) is 12.3 Å². The Hall–Kier alpha value is -3.28. The van der Waals surface area contributed by atoms with Gasteiger partial charge in [0.15, 0.2) is 11.5 Å². The van der Waals surface area contributed by atoms with Gasteiger partial charge in [0.1, 0.15) is 11.4 Å². The number of hydrogen-bond acceptors (Lipinski definition) is 6. The smallest absolute Gasteiger partial charge is 0.261 e. The number of sulfonamides is 1. The maximum Gasteiger partial charge on any atom is 0.261 e. The van der Waals surface area contributed by atoms with Crippen LogP contribution in [-0.4, -0.2) is 41.4 Å². The van der Waals surface area contributed by atoms with Crippen LogP contribution in [0, 0.1) is 11.6 Å². The van der Waals surface area contributed by atoms with Gasteiger partial charge in [0.25, 0.3) is 5.91 Å². The fourth-order valence-electron chi connectivity index (χ4n) is 2.78. The van der Waals surface area contributed by atoms with Crippen molar-refractivity contribution in [3.8, 4) is 5.88 Å². The molecule has 0 fully saturated rings. The van der Waals surface area contributed by atoms with E-state index in [0.717, 1.165) is 12.1 Å². The Morgan fingerprint density at radius 3 is 2.71 bits per heavy atom. The highest BCUT2D eigenvalue weighted by atomic mass is 32.2. The van der Waals surface area contributed by atoms with Crippen molar-refractivity contribution in [1.29, 1.82) is 0 Å². The molecule has 2 aromatic heterocycles. The first-order valence-electron chi connectivity index (χ1n) is 9.42. The number of rotatable bonds is 8. The topological polar surface area (TPSA) is 126 Å². The number of pyridine rings is 1. The van der Waals surface area contributed by atoms with Crippen molar-refractivity contribution in [2.75, 3.05) is 15.8 Å². The number of fused-ring (bicyclic) bond motifs is 1. The molecule has 0 aliphatic heterocycles. The summed E-state index contributed by atoms with van der Waals surface area (Å²) in [6, 6.07) is 3.22. The Morgan fingerprint density at radius 1 is 1.29 bits per heavy atom. The number of H-pyrrole nitrogens is 1. The molecule has 3 rings (SSSR count). The van der Waals surface area contributed by atoms with E-state index < -0.39 is 38.8 Å². The van der Waals surface area contributed by atoms with Crippen molar-refractivity contribution in [2.24, 2.45) is 0 Å². The van der Waals surface area contributed by atoms with Gasteiger partial charge < -0.3 is 10.1 Å². The summed E-state index contributed by atoms with van der Waals surface area (Å²) < 4.78 is 60.4. The Bertz CT molecular complexity index is 1230. The first-order chi connectivity index (χ1) is 14.6. The number of ether oxygens (including phenoxy) is 1. The summed E-state index contributed by atoms with van der Waals surface area (Å²) in [5.41, 5.74) is -0.903. The predicted molar refractivity (Wildman–Crippen MR) is 112 cm³/mol. The highest BCUT2D eigenvalue weighted by molar-refractivity contribution is 7.92. The molecule has 0 aliphatic carbocycles. The number of nitrogens with one attached hydrogen (secondary N) is 3. The number of hydrogen-bond donors (Lipinski definition) is 3. The molecule has 166 valence electrons. The first kappa shape index (κ1) is 22.4. The third kappa shape index (κ3) is 5.08. The van der Waals surface area contributed by atoms with Crippen LogP contribution in [-0.2, 0) is 10.0 Å². The number of amides is 1. The van der Waals surface area contributed by atoms with Crippen LogP contribution in [0.3, 0.4) is 0 Å². The number of benzene rings is 1. The number of carbonyl (C=O) groups is 1. The third-order valence-corrected chi connectivity index (χ3v) is 5.52. The van der Waals surface area contributed by atoms with Crippen LogP contribution in [0.25, 0.3) is 11.0 Å². The fraction of sp³-hybridized carbons (Fsp3) is 0.316. The van der Waals surface area contributed by atoms with Gasteiger partial charge >= 0.3 is 0 Å². The summed E-state index contributed by atoms with van der Waals surface area (Å²) in [5, 5.41) is 9.50. The van der Waals surface area contributed by atoms with Gasteiger partial charge in [-0.15, -0.1) is 5.10 Å². The average molecular weight is 453 g/mol. The molecule has 2 heterocycles. The number of carbonyl (C=O) groups excluding carboxylic acids is 1. The van der Waals surface area contributed by atoms with Crippen molar-refractivity contribution in [3.63, 3.8) is 0 Å². The molecular weight excluding hydrogens is 432 g/mol. The largest absolute Gasteiger partial charge is 0.473 e. The summed E-state index contributed by atoms with van der Waals surface area (Å²) in [4.78, 5) is 16.7. The molecule has 1 amide bonds. The molecule has 0 atom stereocenters. The SMILES string of the molecule is CCCS(=O)(=O)Nc1ccc(F)c(C(=O)Nc2cnc3[nH]nc(OC(C)C)c3c2)c1F. The zero-order valence-corrected chi connectivity index (χ0v) is 17.8. The zero-order valence-electron chi connectivity index (χ0n) is 17.0. The highest BCUT2D eigenvalue weighted by Gasteiger charge is 2.23. The molecule has 0 aliphatic rings. The van der Waals surface area contributed by atoms with Crippen molar-refractivity contribution >= 4 is 38.3 Å². The van der Waals surface area contributed by atoms with Gasteiger partial charge in [-0.25, -0.2) is 22.2 Å². The summed E-state index contributed by atoms with van der Waals surface area (Å²) >= 11 is 0. The molecule has 9 nitrogen and oxygen atoms in total. The maximum atomic E-state index is 14.8. The molecule has 0 saturated carbocycles. The molecule has 12 heteroatoms. The average Bonchev–Trinajstić information content (AvgIpc) is 3.05. The minimum atomic E-state index is -3.83. The van der Waals surface area contributed by atoms with E-state index in [1.807, 2.05) is 18.6 Å². The van der Waals surface area contributed by atoms with Crippen molar-refractivity contribution in [1.82, 2.24) is 15.2 Å². The van der Waals surface area contributed by atoms with E-state index >= 15 is 0 Å². The van der Waals surface area contributed by atoms with Gasteiger partial charge in [0, 0.05) is 0 Å². The Labute approximate surface area is 177 Å². The maximum absolute atomic E-state index is 14.8. The summed E-state index contributed by atoms with van der Waals surface area (Å²) in [6.45, 7) is 5.27. The van der Waals surface area contributed by atoms with Gasteiger partial charge in [0.2, 0.25) is 15.9 Å². The lowest BCUT2D eigenvalue weighted by Gasteiger charge is -2.12. The van der Waals surface area contributed by atoms with Crippen molar-refractivity contribution in [2.45, 2.75) is 33.3 Å². The normalized spacial score (nSPS) is 11.7. The number of halogens is 2. The van der Waals surface area contributed by atoms with E-state index in [2.05, 4.69) is 20.5 Å². The van der Waals surface area contributed by atoms with Gasteiger partial charge in [-0.2, -0.15) is 0 Å². The van der Waals surface area contributed by atoms with Crippen molar-refractivity contribution in [3.05, 3.63) is 41.6 Å². The molecule has 0 unspecified atom stereocenters. The summed E-state index contributed by atoms with van der Waals surface area (Å²) in [5.74, 6) is -3.56. The van der Waals surface area contributed by atoms with Crippen LogP contribution in [0.15, 0.2) is 24.4 Å². The third-order valence-electron chi connectivity index (χ3n) is 4.04. The van der Waals surface area contributed by atoms with Crippen molar-refractivity contribution < 1.29 is 26.7 Å². The quantitative estimate of drug-likeness (QED) is 0.480. The van der Waals surface area contributed by atoms with Gasteiger partial charge in [0.05, 0.1) is 34.8 Å². The number of nitrogens with zero attached hydrogens (tertiary/aromatic N) is 2. The first-order valence-corrected chi connectivity index (χ1v) is 11.1. The van der Waals surface area contributed by atoms with Crippen LogP contribution in [0.2, 0.25) is 0 Å². The minimum Gasteiger partial charge on any atom is -0.473 e. The lowest BCUT2D eigenvalue weighted by Crippen LogP contribution is -2.20. The van der Waals surface area contributed by atoms with Crippen LogP contribution < -0.4 is 14.8 Å². The standard InChI is InChI=1S/C19H21F2N5O4S/c1-4-7-31(28,29)26-14-6-5-13(20)15(16(14)21)18(27)23-11-8-12-17(22-9-11)24-25-19(12)30-10(2)3/h5-6,8-10,26H,4,7H2,1-3H3,(H,23,27)(H,22,24,25). The lowest BCUT2D eigenvalue weighted by atomic mass is 10.1. The van der Waals surface area contributed by atoms with E-state index in [-0.39, 0.29) is 23.4 Å². The molecule has 0 radical (unpaired) electrons. The van der Waals surface area contributed by atoms with E-state index in [9.17, 15) is 22.0 Å². The highest BCUT2D eigenvalue weighted by Crippen LogP contribution is 2.27. The molecule has 31 heavy (non-hydrogen) atoms. The van der Waals surface area contributed by atoms with Crippen LogP contribution in [0.4, 0.5) is 20.2 Å². The second kappa shape index (κ2) is 8.84. The second-order valence-corrected chi connectivity index (χ2v) is 8.82. The zero-order chi connectivity index (χ0) is 22.8. The molecular formula is C19H21F2N5O4S. The van der Waals surface area contributed by atoms with Gasteiger partial charge in [-0.1, -0.05) is 6.92 Å². The molecule has 3 aromatic rings. The molecule has 0 bridgehead atoms. The van der Waals surface area contributed by atoms with Gasteiger partial charge in [-0.05, 0) is 38.5 Å². The minimum absolute atomic E-state index is 0.142. The fourth-order valence-corrected chi connectivity index (χ4v) is 3.91. The summed E-state index contributed by atoms with van der Waals surface area (Å²) in [7, 11) is -3.83. The molecule has 1 aromatic carbocycles. The molecule has 0 spiro atoms. The Balaban J connectivity index is 1.90. The number of anilines is 2. The van der Waals surface area contributed by atoms with Crippen LogP contribution >= 0.6 is 0 Å². The van der Waals surface area contributed by atoms with Gasteiger partial charge in [-0.3, -0.25) is 14.6 Å². The van der Waals surface area contributed by atoms with E-state index in [0.29, 0.717) is 17.5 Å². The lowest BCUT2D eigenvalue weighted by molar-refractivity contribution is 0.101. The molecule has 0 saturated heterocycles. The van der Waals surface area contributed by atoms with E-state index in [4.69, 9.17) is 4.74 Å². The number of aromatic nitrogens is 3. The second-order valence-electron chi connectivity index (χ2n) is 6.97. The number of aromatic amines is 1.